The molecule has 27 heavy (non-hydrogen) atoms. The Hall–Kier alpha value is -3.19. The van der Waals surface area contributed by atoms with Gasteiger partial charge in [-0.25, -0.2) is 12.8 Å². The maximum atomic E-state index is 13.5. The maximum Gasteiger partial charge on any atom is 0.265 e. The van der Waals surface area contributed by atoms with Crippen LogP contribution >= 0.6 is 0 Å². The number of aliphatic hydroxyl groups is 1. The molecule has 3 aromatic carbocycles. The van der Waals surface area contributed by atoms with Crippen molar-refractivity contribution in [1.29, 1.82) is 0 Å². The van der Waals surface area contributed by atoms with E-state index >= 15 is 0 Å². The Balaban J connectivity index is 1.96. The molecule has 4 rings (SSSR count). The Labute approximate surface area is 155 Å². The third kappa shape index (κ3) is 2.59. The number of nitrogens with zero attached hydrogens (tertiary/aromatic N) is 1. The van der Waals surface area contributed by atoms with Crippen LogP contribution < -0.4 is 0 Å². The Kier molecular flexibility index (Phi) is 3.78. The highest BCUT2D eigenvalue weighted by molar-refractivity contribution is 7.89. The number of fused-ring (bicyclic) bond motifs is 2. The number of hydrogen-bond donors (Lipinski definition) is 1. The second kappa shape index (κ2) is 5.92. The molecule has 0 fully saturated rings. The molecule has 1 N–H and O–H groups in total. The molecule has 0 unspecified atom stereocenters. The van der Waals surface area contributed by atoms with Crippen LogP contribution in [0.1, 0.15) is 15.9 Å². The molecule has 0 atom stereocenters. The highest BCUT2D eigenvalue weighted by Gasteiger charge is 2.39. The molecule has 7 heteroatoms. The summed E-state index contributed by atoms with van der Waals surface area (Å²) >= 11 is 0. The molecular formula is C20H14FNO4S. The van der Waals surface area contributed by atoms with Crippen LogP contribution in [-0.2, 0) is 10.0 Å². The van der Waals surface area contributed by atoms with E-state index in [4.69, 9.17) is 0 Å². The minimum absolute atomic E-state index is 0.170. The quantitative estimate of drug-likeness (QED) is 0.513. The second-order valence-electron chi connectivity index (χ2n) is 6.20. The van der Waals surface area contributed by atoms with Crippen molar-refractivity contribution in [3.8, 4) is 0 Å². The van der Waals surface area contributed by atoms with Crippen molar-refractivity contribution in [3.63, 3.8) is 0 Å². The minimum atomic E-state index is -4.17. The van der Waals surface area contributed by atoms with Crippen LogP contribution in [0, 0.1) is 5.82 Å². The van der Waals surface area contributed by atoms with Gasteiger partial charge in [-0.05, 0) is 35.0 Å². The Morgan fingerprint density at radius 1 is 1.00 bits per heavy atom. The zero-order valence-electron chi connectivity index (χ0n) is 14.2. The molecule has 0 saturated heterocycles. The van der Waals surface area contributed by atoms with Gasteiger partial charge in [-0.2, -0.15) is 0 Å². The monoisotopic (exact) mass is 383 g/mol. The summed E-state index contributed by atoms with van der Waals surface area (Å²) in [5.74, 6) is -1.90. The summed E-state index contributed by atoms with van der Waals surface area (Å²) in [5, 5.41) is 12.5. The van der Waals surface area contributed by atoms with Gasteiger partial charge < -0.3 is 5.11 Å². The fourth-order valence-corrected chi connectivity index (χ4v) is 4.57. The van der Waals surface area contributed by atoms with Gasteiger partial charge in [0.05, 0.1) is 0 Å². The molecule has 0 spiro atoms. The molecule has 136 valence electrons. The van der Waals surface area contributed by atoms with Gasteiger partial charge in [-0.1, -0.05) is 36.4 Å². The highest BCUT2D eigenvalue weighted by Crippen LogP contribution is 2.35. The molecule has 1 heterocycles. The third-order valence-electron chi connectivity index (χ3n) is 4.60. The average Bonchev–Trinajstić information content (AvgIpc) is 2.66. The first-order valence-electron chi connectivity index (χ1n) is 8.06. The van der Waals surface area contributed by atoms with Gasteiger partial charge in [0.1, 0.15) is 16.4 Å². The standard InChI is InChI=1S/C20H14FNO4S/c1-22-18(19(23)14-7-6-12-4-2-3-5-13(12)10-14)20(24)16-9-8-15(21)11-17(16)27(22,25)26/h2-11,23H,1H3/b19-18+. The van der Waals surface area contributed by atoms with Crippen molar-refractivity contribution < 1.29 is 22.7 Å². The summed E-state index contributed by atoms with van der Waals surface area (Å²) in [4.78, 5) is 12.4. The van der Waals surface area contributed by atoms with Crippen molar-refractivity contribution in [2.24, 2.45) is 0 Å². The van der Waals surface area contributed by atoms with Crippen LogP contribution in [0.5, 0.6) is 0 Å². The zero-order valence-corrected chi connectivity index (χ0v) is 15.0. The molecule has 1 aliphatic rings. The summed E-state index contributed by atoms with van der Waals surface area (Å²) in [6.07, 6.45) is 0. The van der Waals surface area contributed by atoms with E-state index in [0.29, 0.717) is 9.87 Å². The fraction of sp³-hybridized carbons (Fsp3) is 0.0500. The fourth-order valence-electron chi connectivity index (χ4n) is 3.17. The van der Waals surface area contributed by atoms with E-state index in [2.05, 4.69) is 0 Å². The molecule has 0 bridgehead atoms. The first-order chi connectivity index (χ1) is 12.8. The third-order valence-corrected chi connectivity index (χ3v) is 6.40. The second-order valence-corrected chi connectivity index (χ2v) is 8.14. The normalized spacial score (nSPS) is 17.7. The Morgan fingerprint density at radius 3 is 2.44 bits per heavy atom. The van der Waals surface area contributed by atoms with Crippen LogP contribution in [0.2, 0.25) is 0 Å². The molecule has 0 amide bonds. The number of Topliss-reactive ketones (excluding diaryl/α,β-unsaturated/α-hetero) is 1. The van der Waals surface area contributed by atoms with Crippen LogP contribution in [0.25, 0.3) is 16.5 Å². The lowest BCUT2D eigenvalue weighted by atomic mass is 10.0. The number of carbonyl (C=O) groups excluding carboxylic acids is 1. The number of allylic oxidation sites excluding steroid dienone is 1. The minimum Gasteiger partial charge on any atom is -0.505 e. The van der Waals surface area contributed by atoms with E-state index in [1.807, 2.05) is 24.3 Å². The van der Waals surface area contributed by atoms with Crippen LogP contribution in [0.4, 0.5) is 4.39 Å². The first-order valence-corrected chi connectivity index (χ1v) is 9.50. The van der Waals surface area contributed by atoms with Gasteiger partial charge in [-0.3, -0.25) is 9.10 Å². The van der Waals surface area contributed by atoms with Crippen LogP contribution in [-0.4, -0.2) is 30.7 Å². The zero-order chi connectivity index (χ0) is 19.3. The number of halogens is 1. The number of sulfonamides is 1. The van der Waals surface area contributed by atoms with Gasteiger partial charge in [0.25, 0.3) is 10.0 Å². The van der Waals surface area contributed by atoms with Gasteiger partial charge in [-0.15, -0.1) is 0 Å². The number of aliphatic hydroxyl groups excluding tert-OH is 1. The summed E-state index contributed by atoms with van der Waals surface area (Å²) < 4.78 is 39.6. The molecule has 0 radical (unpaired) electrons. The van der Waals surface area contributed by atoms with E-state index in [9.17, 15) is 22.7 Å². The number of hydrogen-bond acceptors (Lipinski definition) is 4. The van der Waals surface area contributed by atoms with E-state index in [0.717, 1.165) is 36.0 Å². The lowest BCUT2D eigenvalue weighted by Gasteiger charge is -2.28. The van der Waals surface area contributed by atoms with E-state index in [-0.39, 0.29) is 11.3 Å². The van der Waals surface area contributed by atoms with E-state index < -0.39 is 32.3 Å². The first kappa shape index (κ1) is 17.2. The van der Waals surface area contributed by atoms with Gasteiger partial charge in [0.15, 0.2) is 5.76 Å². The summed E-state index contributed by atoms with van der Waals surface area (Å²) in [5.41, 5.74) is -0.231. The number of ketones is 1. The lowest BCUT2D eigenvalue weighted by molar-refractivity contribution is 0.100. The number of benzene rings is 3. The molecule has 5 nitrogen and oxygen atoms in total. The highest BCUT2D eigenvalue weighted by atomic mass is 32.2. The van der Waals surface area contributed by atoms with E-state index in [1.165, 1.54) is 0 Å². The largest absolute Gasteiger partial charge is 0.505 e. The molecule has 0 aromatic heterocycles. The lowest BCUT2D eigenvalue weighted by Crippen LogP contribution is -2.37. The average molecular weight is 383 g/mol. The molecular weight excluding hydrogens is 369 g/mol. The van der Waals surface area contributed by atoms with Crippen molar-refractivity contribution in [2.45, 2.75) is 4.90 Å². The van der Waals surface area contributed by atoms with E-state index in [1.54, 1.807) is 18.2 Å². The predicted molar refractivity (Wildman–Crippen MR) is 99.2 cm³/mol. The smallest absolute Gasteiger partial charge is 0.265 e. The van der Waals surface area contributed by atoms with Gasteiger partial charge in [0, 0.05) is 18.2 Å². The van der Waals surface area contributed by atoms with Gasteiger partial charge >= 0.3 is 0 Å². The number of likely N-dealkylation sites (N-methyl/N-ethyl adjacent to an activating group) is 1. The van der Waals surface area contributed by atoms with Crippen molar-refractivity contribution in [2.75, 3.05) is 7.05 Å². The molecule has 3 aromatic rings. The molecule has 0 saturated carbocycles. The summed E-state index contributed by atoms with van der Waals surface area (Å²) in [6.45, 7) is 0. The van der Waals surface area contributed by atoms with Crippen LogP contribution in [0.15, 0.2) is 71.3 Å². The maximum absolute atomic E-state index is 13.5. The number of carbonyl (C=O) groups is 1. The number of rotatable bonds is 1. The van der Waals surface area contributed by atoms with Gasteiger partial charge in [0.2, 0.25) is 5.78 Å². The Morgan fingerprint density at radius 2 is 1.70 bits per heavy atom. The van der Waals surface area contributed by atoms with Crippen LogP contribution in [0.3, 0.4) is 0 Å². The van der Waals surface area contributed by atoms with Crippen molar-refractivity contribution in [1.82, 2.24) is 4.31 Å². The SMILES string of the molecule is CN1/C(=C(/O)c2ccc3ccccc3c2)C(=O)c2ccc(F)cc2S1(=O)=O. The topological polar surface area (TPSA) is 74.7 Å². The summed E-state index contributed by atoms with van der Waals surface area (Å²) in [6, 6.07) is 15.5. The van der Waals surface area contributed by atoms with Crippen molar-refractivity contribution >= 4 is 32.3 Å². The predicted octanol–water partition coefficient (Wildman–Crippen LogP) is 3.72. The molecule has 1 aliphatic heterocycles. The Bertz CT molecular complexity index is 1250. The summed E-state index contributed by atoms with van der Waals surface area (Å²) in [7, 11) is -3.01. The van der Waals surface area contributed by atoms with Crippen molar-refractivity contribution in [3.05, 3.63) is 83.3 Å². The molecule has 0 aliphatic carbocycles.